The van der Waals surface area contributed by atoms with Gasteiger partial charge in [0.15, 0.2) is 0 Å². The van der Waals surface area contributed by atoms with Crippen LogP contribution in [0.4, 0.5) is 4.39 Å². The van der Waals surface area contributed by atoms with Gasteiger partial charge in [0.05, 0.1) is 13.1 Å². The van der Waals surface area contributed by atoms with E-state index in [0.717, 1.165) is 12.4 Å². The highest BCUT2D eigenvalue weighted by Gasteiger charge is 2.08. The van der Waals surface area contributed by atoms with E-state index in [1.54, 1.807) is 18.3 Å². The maximum atomic E-state index is 13.6. The summed E-state index contributed by atoms with van der Waals surface area (Å²) in [6, 6.07) is 6.83. The lowest BCUT2D eigenvalue weighted by atomic mass is 10.2. The van der Waals surface area contributed by atoms with Gasteiger partial charge in [-0.15, -0.1) is 6.58 Å². The van der Waals surface area contributed by atoms with Gasteiger partial charge in [0, 0.05) is 24.5 Å². The van der Waals surface area contributed by atoms with Crippen LogP contribution < -0.4 is 0 Å². The van der Waals surface area contributed by atoms with Gasteiger partial charge in [-0.2, -0.15) is 0 Å². The van der Waals surface area contributed by atoms with Crippen molar-refractivity contribution in [2.24, 2.45) is 0 Å². The van der Waals surface area contributed by atoms with Crippen LogP contribution in [0.1, 0.15) is 11.4 Å². The van der Waals surface area contributed by atoms with Gasteiger partial charge in [0.2, 0.25) is 0 Å². The van der Waals surface area contributed by atoms with Gasteiger partial charge >= 0.3 is 0 Å². The number of nitrogens with zero attached hydrogens (tertiary/aromatic N) is 3. The molecule has 0 saturated heterocycles. The molecule has 19 heavy (non-hydrogen) atoms. The quantitative estimate of drug-likeness (QED) is 0.744. The molecule has 1 aromatic heterocycles. The van der Waals surface area contributed by atoms with Crippen molar-refractivity contribution >= 4 is 0 Å². The minimum absolute atomic E-state index is 0.179. The summed E-state index contributed by atoms with van der Waals surface area (Å²) in [4.78, 5) is 6.43. The summed E-state index contributed by atoms with van der Waals surface area (Å²) in [7, 11) is 2.00. The summed E-state index contributed by atoms with van der Waals surface area (Å²) in [6.07, 6.45) is 5.48. The average Bonchev–Trinajstić information content (AvgIpc) is 2.80. The van der Waals surface area contributed by atoms with E-state index in [1.165, 1.54) is 6.07 Å². The smallest absolute Gasteiger partial charge is 0.128 e. The van der Waals surface area contributed by atoms with Crippen LogP contribution in [-0.2, 0) is 13.1 Å². The highest BCUT2D eigenvalue weighted by Crippen LogP contribution is 2.11. The molecule has 2 rings (SSSR count). The molecule has 0 spiro atoms. The molecule has 2 aromatic rings. The van der Waals surface area contributed by atoms with E-state index < -0.39 is 0 Å². The monoisotopic (exact) mass is 259 g/mol. The Labute approximate surface area is 113 Å². The molecule has 0 N–H and O–H groups in total. The number of rotatable bonds is 6. The van der Waals surface area contributed by atoms with Crippen LogP contribution in [0.15, 0.2) is 49.3 Å². The summed E-state index contributed by atoms with van der Waals surface area (Å²) in [6.45, 7) is 5.73. The zero-order valence-electron chi connectivity index (χ0n) is 11.1. The van der Waals surface area contributed by atoms with E-state index in [2.05, 4.69) is 16.5 Å². The molecule has 1 heterocycles. The van der Waals surface area contributed by atoms with E-state index in [0.29, 0.717) is 18.7 Å². The van der Waals surface area contributed by atoms with Crippen molar-refractivity contribution in [3.63, 3.8) is 0 Å². The van der Waals surface area contributed by atoms with Gasteiger partial charge < -0.3 is 4.57 Å². The third-order valence-corrected chi connectivity index (χ3v) is 2.95. The van der Waals surface area contributed by atoms with Crippen LogP contribution >= 0.6 is 0 Å². The molecule has 0 radical (unpaired) electrons. The summed E-state index contributed by atoms with van der Waals surface area (Å²) in [5, 5.41) is 0. The molecule has 3 nitrogen and oxygen atoms in total. The third kappa shape index (κ3) is 3.51. The van der Waals surface area contributed by atoms with Crippen LogP contribution in [0.2, 0.25) is 0 Å². The molecule has 0 fully saturated rings. The van der Waals surface area contributed by atoms with E-state index in [-0.39, 0.29) is 5.82 Å². The van der Waals surface area contributed by atoms with Crippen molar-refractivity contribution < 1.29 is 4.39 Å². The minimum atomic E-state index is -0.179. The van der Waals surface area contributed by atoms with Crippen LogP contribution in [0.3, 0.4) is 0 Å². The summed E-state index contributed by atoms with van der Waals surface area (Å²) in [5.41, 5.74) is 0.674. The van der Waals surface area contributed by atoms with Gasteiger partial charge in [-0.1, -0.05) is 24.3 Å². The van der Waals surface area contributed by atoms with Crippen molar-refractivity contribution in [3.05, 3.63) is 66.5 Å². The van der Waals surface area contributed by atoms with Crippen molar-refractivity contribution in [2.45, 2.75) is 13.1 Å². The van der Waals surface area contributed by atoms with E-state index >= 15 is 0 Å². The summed E-state index contributed by atoms with van der Waals surface area (Å²) >= 11 is 0. The fourth-order valence-electron chi connectivity index (χ4n) is 1.97. The van der Waals surface area contributed by atoms with Gasteiger partial charge in [-0.05, 0) is 13.1 Å². The normalized spacial score (nSPS) is 10.9. The first-order valence-corrected chi connectivity index (χ1v) is 6.23. The van der Waals surface area contributed by atoms with Gasteiger partial charge in [-0.3, -0.25) is 4.90 Å². The van der Waals surface area contributed by atoms with Crippen LogP contribution in [0.25, 0.3) is 0 Å². The Bertz CT molecular complexity index is 548. The van der Waals surface area contributed by atoms with Gasteiger partial charge in [0.1, 0.15) is 11.6 Å². The fraction of sp³-hybridized carbons (Fsp3) is 0.267. The predicted molar refractivity (Wildman–Crippen MR) is 74.3 cm³/mol. The number of halogens is 1. The van der Waals surface area contributed by atoms with Crippen molar-refractivity contribution in [3.8, 4) is 0 Å². The standard InChI is InChI=1S/C15H18FN3/c1-3-9-18(2)12-15-17-8-10-19(15)11-13-6-4-5-7-14(13)16/h3-8,10H,1,9,11-12H2,2H3. The largest absolute Gasteiger partial charge is 0.329 e. The highest BCUT2D eigenvalue weighted by atomic mass is 19.1. The molecule has 0 atom stereocenters. The molecular formula is C15H18FN3. The number of likely N-dealkylation sites (N-methyl/N-ethyl adjacent to an activating group) is 1. The molecule has 1 aromatic carbocycles. The Morgan fingerprint density at radius 1 is 1.42 bits per heavy atom. The molecule has 0 unspecified atom stereocenters. The molecular weight excluding hydrogens is 241 g/mol. The first kappa shape index (κ1) is 13.5. The van der Waals surface area contributed by atoms with Crippen molar-refractivity contribution in [1.82, 2.24) is 14.5 Å². The maximum Gasteiger partial charge on any atom is 0.128 e. The number of imidazole rings is 1. The number of hydrogen-bond donors (Lipinski definition) is 0. The lowest BCUT2D eigenvalue weighted by Crippen LogP contribution is -2.20. The Kier molecular flexibility index (Phi) is 4.47. The molecule has 0 saturated carbocycles. The average molecular weight is 259 g/mol. The lowest BCUT2D eigenvalue weighted by Gasteiger charge is -2.15. The number of benzene rings is 1. The Morgan fingerprint density at radius 3 is 2.95 bits per heavy atom. The zero-order valence-corrected chi connectivity index (χ0v) is 11.1. The third-order valence-electron chi connectivity index (χ3n) is 2.95. The SMILES string of the molecule is C=CCN(C)Cc1nccn1Cc1ccccc1F. The predicted octanol–water partition coefficient (Wildman–Crippen LogP) is 2.69. The first-order valence-electron chi connectivity index (χ1n) is 6.23. The van der Waals surface area contributed by atoms with E-state index in [9.17, 15) is 4.39 Å². The molecule has 100 valence electrons. The zero-order chi connectivity index (χ0) is 13.7. The fourth-order valence-corrected chi connectivity index (χ4v) is 1.97. The van der Waals surface area contributed by atoms with Gasteiger partial charge in [-0.25, -0.2) is 9.37 Å². The molecule has 0 aliphatic rings. The minimum Gasteiger partial charge on any atom is -0.329 e. The molecule has 0 aliphatic heterocycles. The van der Waals surface area contributed by atoms with E-state index in [4.69, 9.17) is 0 Å². The van der Waals surface area contributed by atoms with Crippen LogP contribution in [-0.4, -0.2) is 28.0 Å². The van der Waals surface area contributed by atoms with Crippen LogP contribution in [0, 0.1) is 5.82 Å². The summed E-state index contributed by atoms with van der Waals surface area (Å²) in [5.74, 6) is 0.745. The molecule has 4 heteroatoms. The lowest BCUT2D eigenvalue weighted by molar-refractivity contribution is 0.347. The van der Waals surface area contributed by atoms with Crippen molar-refractivity contribution in [1.29, 1.82) is 0 Å². The second-order valence-electron chi connectivity index (χ2n) is 4.55. The summed E-state index contributed by atoms with van der Waals surface area (Å²) < 4.78 is 15.6. The van der Waals surface area contributed by atoms with Crippen LogP contribution in [0.5, 0.6) is 0 Å². The van der Waals surface area contributed by atoms with Gasteiger partial charge in [0.25, 0.3) is 0 Å². The first-order chi connectivity index (χ1) is 9.20. The highest BCUT2D eigenvalue weighted by molar-refractivity contribution is 5.18. The second kappa shape index (κ2) is 6.29. The molecule has 0 bridgehead atoms. The topological polar surface area (TPSA) is 21.1 Å². The molecule has 0 aliphatic carbocycles. The Hall–Kier alpha value is -1.94. The number of aromatic nitrogens is 2. The Morgan fingerprint density at radius 2 is 2.21 bits per heavy atom. The maximum absolute atomic E-state index is 13.6. The second-order valence-corrected chi connectivity index (χ2v) is 4.55. The number of hydrogen-bond acceptors (Lipinski definition) is 2. The van der Waals surface area contributed by atoms with E-state index in [1.807, 2.05) is 30.0 Å². The van der Waals surface area contributed by atoms with Crippen molar-refractivity contribution in [2.75, 3.05) is 13.6 Å². The Balaban J connectivity index is 2.12. The molecule has 0 amide bonds.